The molecule has 136 valence electrons. The average molecular weight is 342 g/mol. The third-order valence-corrected chi connectivity index (χ3v) is 4.94. The van der Waals surface area contributed by atoms with Crippen molar-refractivity contribution < 1.29 is 4.74 Å². The molecular formula is C20H30N4O. The zero-order chi connectivity index (χ0) is 17.5. The minimum atomic E-state index is 0.562. The quantitative estimate of drug-likeness (QED) is 0.690. The Hall–Kier alpha value is -1.69. The number of nitrogens with zero attached hydrogens (tertiary/aromatic N) is 4. The molecule has 3 rings (SSSR count). The molecule has 0 amide bonds. The number of hydrogen-bond donors (Lipinski definition) is 0. The highest BCUT2D eigenvalue weighted by atomic mass is 16.5. The van der Waals surface area contributed by atoms with Gasteiger partial charge in [0.05, 0.1) is 13.2 Å². The van der Waals surface area contributed by atoms with Gasteiger partial charge in [-0.1, -0.05) is 30.3 Å². The molecule has 0 aliphatic carbocycles. The maximum absolute atomic E-state index is 5.50. The molecule has 0 N–H and O–H groups in total. The molecule has 0 unspecified atom stereocenters. The number of piperazine rings is 1. The maximum atomic E-state index is 5.50. The molecule has 5 nitrogen and oxygen atoms in total. The summed E-state index contributed by atoms with van der Waals surface area (Å²) in [5.74, 6) is 1.15. The van der Waals surface area contributed by atoms with Gasteiger partial charge in [-0.2, -0.15) is 0 Å². The van der Waals surface area contributed by atoms with Crippen molar-refractivity contribution in [1.29, 1.82) is 0 Å². The molecule has 0 spiro atoms. The van der Waals surface area contributed by atoms with Crippen molar-refractivity contribution in [2.24, 2.45) is 0 Å². The van der Waals surface area contributed by atoms with Crippen LogP contribution in [-0.2, 0) is 17.8 Å². The van der Waals surface area contributed by atoms with E-state index in [0.717, 1.165) is 58.3 Å². The molecule has 25 heavy (non-hydrogen) atoms. The van der Waals surface area contributed by atoms with E-state index < -0.39 is 0 Å². The Morgan fingerprint density at radius 3 is 2.76 bits per heavy atom. The maximum Gasteiger partial charge on any atom is 0.123 e. The largest absolute Gasteiger partial charge is 0.380 e. The molecule has 1 atom stereocenters. The zero-order valence-corrected chi connectivity index (χ0v) is 15.5. The van der Waals surface area contributed by atoms with Crippen LogP contribution in [-0.4, -0.2) is 64.8 Å². The lowest BCUT2D eigenvalue weighted by Crippen LogP contribution is -2.52. The van der Waals surface area contributed by atoms with Crippen LogP contribution in [0.4, 0.5) is 0 Å². The van der Waals surface area contributed by atoms with Crippen LogP contribution < -0.4 is 0 Å². The van der Waals surface area contributed by atoms with Crippen molar-refractivity contribution in [2.75, 3.05) is 39.4 Å². The van der Waals surface area contributed by atoms with Crippen molar-refractivity contribution >= 4 is 0 Å². The van der Waals surface area contributed by atoms with Gasteiger partial charge in [0.25, 0.3) is 0 Å². The minimum Gasteiger partial charge on any atom is -0.380 e. The van der Waals surface area contributed by atoms with Gasteiger partial charge in [0.1, 0.15) is 5.82 Å². The fraction of sp³-hybridized carbons (Fsp3) is 0.550. The molecule has 1 saturated heterocycles. The van der Waals surface area contributed by atoms with Crippen LogP contribution in [0.3, 0.4) is 0 Å². The number of aromatic nitrogens is 2. The topological polar surface area (TPSA) is 33.5 Å². The molecule has 1 aromatic carbocycles. The van der Waals surface area contributed by atoms with E-state index in [4.69, 9.17) is 4.74 Å². The van der Waals surface area contributed by atoms with E-state index in [1.54, 1.807) is 0 Å². The molecule has 1 aromatic heterocycles. The smallest absolute Gasteiger partial charge is 0.123 e. The summed E-state index contributed by atoms with van der Waals surface area (Å²) in [4.78, 5) is 9.65. The van der Waals surface area contributed by atoms with E-state index in [0.29, 0.717) is 6.04 Å². The molecular weight excluding hydrogens is 312 g/mol. The van der Waals surface area contributed by atoms with Crippen LogP contribution in [0.25, 0.3) is 0 Å². The monoisotopic (exact) mass is 342 g/mol. The summed E-state index contributed by atoms with van der Waals surface area (Å²) in [5.41, 5.74) is 1.32. The summed E-state index contributed by atoms with van der Waals surface area (Å²) < 4.78 is 7.77. The average Bonchev–Trinajstić information content (AvgIpc) is 3.05. The van der Waals surface area contributed by atoms with E-state index >= 15 is 0 Å². The predicted octanol–water partition coefficient (Wildman–Crippen LogP) is 2.47. The van der Waals surface area contributed by atoms with Crippen molar-refractivity contribution in [3.8, 4) is 0 Å². The Morgan fingerprint density at radius 2 is 2.00 bits per heavy atom. The Bertz CT molecular complexity index is 628. The van der Waals surface area contributed by atoms with Gasteiger partial charge in [0.2, 0.25) is 0 Å². The first-order valence-electron chi connectivity index (χ1n) is 9.34. The minimum absolute atomic E-state index is 0.562. The van der Waals surface area contributed by atoms with Crippen molar-refractivity contribution in [3.05, 3.63) is 54.1 Å². The van der Waals surface area contributed by atoms with Crippen LogP contribution in [0.15, 0.2) is 42.7 Å². The summed E-state index contributed by atoms with van der Waals surface area (Å²) in [5, 5.41) is 0. The highest BCUT2D eigenvalue weighted by Gasteiger charge is 2.24. The van der Waals surface area contributed by atoms with Gasteiger partial charge in [-0.3, -0.25) is 9.80 Å². The fourth-order valence-electron chi connectivity index (χ4n) is 3.49. The molecule has 1 aliphatic rings. The number of imidazole rings is 1. The zero-order valence-electron chi connectivity index (χ0n) is 15.5. The van der Waals surface area contributed by atoms with Gasteiger partial charge in [-0.05, 0) is 19.4 Å². The predicted molar refractivity (Wildman–Crippen MR) is 101 cm³/mol. The molecule has 1 aliphatic heterocycles. The van der Waals surface area contributed by atoms with Gasteiger partial charge >= 0.3 is 0 Å². The summed E-state index contributed by atoms with van der Waals surface area (Å²) in [6.45, 7) is 12.1. The number of hydrogen-bond acceptors (Lipinski definition) is 4. The third-order valence-electron chi connectivity index (χ3n) is 4.94. The molecule has 1 fully saturated rings. The lowest BCUT2D eigenvalue weighted by molar-refractivity contribution is 0.0454. The molecule has 0 bridgehead atoms. The van der Waals surface area contributed by atoms with Gasteiger partial charge in [0.15, 0.2) is 0 Å². The second kappa shape index (κ2) is 9.13. The van der Waals surface area contributed by atoms with Crippen molar-refractivity contribution in [1.82, 2.24) is 19.4 Å². The molecule has 5 heteroatoms. The SMILES string of the molecule is CCOCCN1CCN(Cc2nccn2Cc2ccccc2)C[C@@H]1C. The van der Waals surface area contributed by atoms with E-state index in [2.05, 4.69) is 69.7 Å². The van der Waals surface area contributed by atoms with E-state index in [1.807, 2.05) is 6.20 Å². The molecule has 2 aromatic rings. The summed E-state index contributed by atoms with van der Waals surface area (Å²) in [6.07, 6.45) is 4.00. The number of benzene rings is 1. The second-order valence-corrected chi connectivity index (χ2v) is 6.77. The fourth-order valence-corrected chi connectivity index (χ4v) is 3.49. The molecule has 0 radical (unpaired) electrons. The highest BCUT2D eigenvalue weighted by molar-refractivity contribution is 5.15. The standard InChI is InChI=1S/C20H30N4O/c1-3-25-14-13-23-12-11-22(15-18(23)2)17-20-21-9-10-24(20)16-19-7-5-4-6-8-19/h4-10,18H,3,11-17H2,1-2H3/t18-/m0/s1. The first kappa shape index (κ1) is 18.1. The Labute approximate surface area is 151 Å². The van der Waals surface area contributed by atoms with Gasteiger partial charge in [0, 0.05) is 57.8 Å². The summed E-state index contributed by atoms with van der Waals surface area (Å²) in [6, 6.07) is 11.1. The first-order chi connectivity index (χ1) is 12.3. The van der Waals surface area contributed by atoms with Crippen LogP contribution in [0.1, 0.15) is 25.2 Å². The Balaban J connectivity index is 1.53. The molecule has 0 saturated carbocycles. The van der Waals surface area contributed by atoms with E-state index in [9.17, 15) is 0 Å². The normalized spacial score (nSPS) is 19.4. The third kappa shape index (κ3) is 5.14. The summed E-state index contributed by atoms with van der Waals surface area (Å²) in [7, 11) is 0. The second-order valence-electron chi connectivity index (χ2n) is 6.77. The van der Waals surface area contributed by atoms with Gasteiger partial charge in [-0.15, -0.1) is 0 Å². The van der Waals surface area contributed by atoms with Crippen LogP contribution in [0.5, 0.6) is 0 Å². The van der Waals surface area contributed by atoms with Gasteiger partial charge < -0.3 is 9.30 Å². The molecule has 2 heterocycles. The summed E-state index contributed by atoms with van der Waals surface area (Å²) >= 11 is 0. The first-order valence-corrected chi connectivity index (χ1v) is 9.34. The van der Waals surface area contributed by atoms with E-state index in [-0.39, 0.29) is 0 Å². The van der Waals surface area contributed by atoms with Crippen molar-refractivity contribution in [2.45, 2.75) is 33.0 Å². The van der Waals surface area contributed by atoms with Crippen LogP contribution in [0, 0.1) is 0 Å². The number of ether oxygens (including phenoxy) is 1. The van der Waals surface area contributed by atoms with Gasteiger partial charge in [-0.25, -0.2) is 4.98 Å². The Kier molecular flexibility index (Phi) is 6.62. The van der Waals surface area contributed by atoms with Crippen LogP contribution >= 0.6 is 0 Å². The Morgan fingerprint density at radius 1 is 1.16 bits per heavy atom. The lowest BCUT2D eigenvalue weighted by Gasteiger charge is -2.39. The van der Waals surface area contributed by atoms with Crippen molar-refractivity contribution in [3.63, 3.8) is 0 Å². The highest BCUT2D eigenvalue weighted by Crippen LogP contribution is 2.13. The number of rotatable bonds is 8. The van der Waals surface area contributed by atoms with Crippen LogP contribution in [0.2, 0.25) is 0 Å². The van der Waals surface area contributed by atoms with E-state index in [1.165, 1.54) is 5.56 Å². The lowest BCUT2D eigenvalue weighted by atomic mass is 10.2.